The van der Waals surface area contributed by atoms with E-state index in [1.54, 1.807) is 0 Å². The van der Waals surface area contributed by atoms with Crippen LogP contribution in [0.3, 0.4) is 0 Å². The van der Waals surface area contributed by atoms with Crippen molar-refractivity contribution in [2.24, 2.45) is 0 Å². The largest absolute Gasteiger partial charge is 0.494 e. The van der Waals surface area contributed by atoms with Crippen molar-refractivity contribution in [3.63, 3.8) is 0 Å². The van der Waals surface area contributed by atoms with Crippen LogP contribution < -0.4 is 10.9 Å². The minimum absolute atomic E-state index is 0.455. The van der Waals surface area contributed by atoms with Gasteiger partial charge in [-0.25, -0.2) is 0 Å². The third-order valence-corrected chi connectivity index (χ3v) is 17.5. The van der Waals surface area contributed by atoms with Crippen LogP contribution in [0.25, 0.3) is 11.1 Å². The van der Waals surface area contributed by atoms with Crippen LogP contribution in [0, 0.1) is 0 Å². The first-order valence-electron chi connectivity index (χ1n) is 29.3. The molecule has 386 valence electrons. The molecule has 2 saturated heterocycles. The maximum Gasteiger partial charge on any atom is 0.494 e. The molecule has 2 fully saturated rings. The van der Waals surface area contributed by atoms with E-state index >= 15 is 0 Å². The maximum absolute atomic E-state index is 6.90. The summed E-state index contributed by atoms with van der Waals surface area (Å²) in [5.74, 6) is 0. The highest BCUT2D eigenvalue weighted by atomic mass is 16.7. The van der Waals surface area contributed by atoms with Crippen molar-refractivity contribution in [2.45, 2.75) is 265 Å². The topological polar surface area (TPSA) is 36.9 Å². The molecule has 0 aromatic heterocycles. The molecule has 0 spiro atoms. The highest BCUT2D eigenvalue weighted by molar-refractivity contribution is 6.62. The van der Waals surface area contributed by atoms with E-state index < -0.39 is 42.1 Å². The predicted molar refractivity (Wildman–Crippen MR) is 305 cm³/mol. The van der Waals surface area contributed by atoms with Crippen LogP contribution in [0.2, 0.25) is 0 Å². The molecule has 0 saturated carbocycles. The van der Waals surface area contributed by atoms with Crippen LogP contribution in [-0.4, -0.2) is 36.6 Å². The van der Waals surface area contributed by atoms with Crippen LogP contribution in [0.4, 0.5) is 0 Å². The Morgan fingerprint density at radius 3 is 0.887 bits per heavy atom. The molecule has 71 heavy (non-hydrogen) atoms. The number of unbranched alkanes of at least 4 members (excludes halogenated alkanes) is 16. The predicted octanol–water partition coefficient (Wildman–Crippen LogP) is 16.7. The Bertz CT molecular complexity index is 2150. The molecule has 4 aromatic carbocycles. The molecule has 4 aromatic rings. The summed E-state index contributed by atoms with van der Waals surface area (Å²) in [4.78, 5) is 0. The molecule has 2 heterocycles. The zero-order valence-electron chi connectivity index (χ0n) is 47.2. The summed E-state index contributed by atoms with van der Waals surface area (Å²) in [5, 5.41) is 0. The van der Waals surface area contributed by atoms with Crippen molar-refractivity contribution < 1.29 is 18.6 Å². The number of benzene rings is 4. The Balaban J connectivity index is 1.50. The van der Waals surface area contributed by atoms with Gasteiger partial charge in [0.2, 0.25) is 0 Å². The van der Waals surface area contributed by atoms with E-state index in [4.69, 9.17) is 18.6 Å². The first-order valence-corrected chi connectivity index (χ1v) is 29.3. The van der Waals surface area contributed by atoms with Gasteiger partial charge in [-0.15, -0.1) is 0 Å². The van der Waals surface area contributed by atoms with E-state index in [2.05, 4.69) is 156 Å². The summed E-state index contributed by atoms with van der Waals surface area (Å²) in [6.45, 7) is 26.7. The molecule has 2 aliphatic heterocycles. The Morgan fingerprint density at radius 2 is 0.592 bits per heavy atom. The smallest absolute Gasteiger partial charge is 0.399 e. The average Bonchev–Trinajstić information content (AvgIpc) is 3.85. The van der Waals surface area contributed by atoms with Crippen molar-refractivity contribution in [2.75, 3.05) is 0 Å². The summed E-state index contributed by atoms with van der Waals surface area (Å²) in [7, 11) is -0.957. The molecular weight excluding hydrogens is 866 g/mol. The molecule has 6 heteroatoms. The Labute approximate surface area is 435 Å². The van der Waals surface area contributed by atoms with Crippen molar-refractivity contribution in [1.82, 2.24) is 0 Å². The van der Waals surface area contributed by atoms with Crippen molar-refractivity contribution in [3.8, 4) is 11.1 Å². The lowest BCUT2D eigenvalue weighted by Crippen LogP contribution is -2.41. The minimum atomic E-state index is -0.630. The Hall–Kier alpha value is -3.15. The fourth-order valence-corrected chi connectivity index (χ4v) is 11.7. The lowest BCUT2D eigenvalue weighted by atomic mass is 9.64. The second-order valence-electron chi connectivity index (χ2n) is 24.3. The lowest BCUT2D eigenvalue weighted by molar-refractivity contribution is 0.00578. The van der Waals surface area contributed by atoms with E-state index in [0.717, 1.165) is 36.6 Å². The van der Waals surface area contributed by atoms with Crippen molar-refractivity contribution in [1.29, 1.82) is 0 Å². The van der Waals surface area contributed by atoms with Crippen LogP contribution in [-0.2, 0) is 49.7 Å². The second-order valence-corrected chi connectivity index (χ2v) is 24.3. The molecule has 0 radical (unpaired) electrons. The second kappa shape index (κ2) is 24.5. The molecule has 3 aliphatic rings. The average molecular weight is 963 g/mol. The standard InChI is InChI=1S/C65H96B2O4/c1-13-17-21-25-27-31-35-51-41-49(33-29-23-19-15-3)43-53(45-51)65(54-44-50(34-30-24-20-16-4)42-52(46-54)36-32-28-26-22-18-14-2)59-47-55(66-68-61(5,6)62(7,8)69-66)37-39-57(59)58-40-38-56(48-60(58)65)67-70-63(9,10)64(11,12)71-67/h37-48H,13-36H2,1-12H3. The first kappa shape index (κ1) is 55.6. The van der Waals surface area contributed by atoms with Gasteiger partial charge in [-0.05, 0) is 173 Å². The van der Waals surface area contributed by atoms with E-state index in [0.29, 0.717) is 0 Å². The van der Waals surface area contributed by atoms with Gasteiger partial charge in [-0.2, -0.15) is 0 Å². The van der Waals surface area contributed by atoms with Gasteiger partial charge in [0.25, 0.3) is 0 Å². The SMILES string of the molecule is CCCCCCCCc1cc(CCCCCC)cc(C2(c3cc(CCCCCC)cc(CCCCCCCC)c3)c3cc(B4OC(C)(C)C(C)(C)O4)ccc3-c3ccc(B4OC(C)(C)C(C)(C)O4)cc32)c1. The number of aryl methyl sites for hydroxylation is 4. The van der Waals surface area contributed by atoms with E-state index in [1.165, 1.54) is 184 Å². The summed E-state index contributed by atoms with van der Waals surface area (Å²) in [6.07, 6.45) is 29.9. The number of hydrogen-bond acceptors (Lipinski definition) is 4. The first-order chi connectivity index (χ1) is 34.0. The Kier molecular flexibility index (Phi) is 19.2. The number of fused-ring (bicyclic) bond motifs is 3. The van der Waals surface area contributed by atoms with E-state index in [9.17, 15) is 0 Å². The molecular formula is C65H96B2O4. The van der Waals surface area contributed by atoms with Gasteiger partial charge in [0.05, 0.1) is 27.8 Å². The number of rotatable bonds is 28. The summed E-state index contributed by atoms with van der Waals surface area (Å²) in [5.41, 5.74) is 13.6. The van der Waals surface area contributed by atoms with Gasteiger partial charge in [-0.1, -0.05) is 203 Å². The van der Waals surface area contributed by atoms with Gasteiger partial charge in [0, 0.05) is 0 Å². The summed E-state index contributed by atoms with van der Waals surface area (Å²) >= 11 is 0. The van der Waals surface area contributed by atoms with Crippen molar-refractivity contribution in [3.05, 3.63) is 117 Å². The van der Waals surface area contributed by atoms with Gasteiger partial charge in [0.1, 0.15) is 0 Å². The van der Waals surface area contributed by atoms with E-state index in [1.807, 2.05) is 0 Å². The maximum atomic E-state index is 6.90. The highest BCUT2D eigenvalue weighted by Crippen LogP contribution is 2.57. The van der Waals surface area contributed by atoms with Crippen molar-refractivity contribution >= 4 is 25.2 Å². The Morgan fingerprint density at radius 1 is 0.324 bits per heavy atom. The minimum Gasteiger partial charge on any atom is -0.399 e. The molecule has 0 amide bonds. The fraction of sp³-hybridized carbons (Fsp3) is 0.631. The molecule has 0 unspecified atom stereocenters. The summed E-state index contributed by atoms with van der Waals surface area (Å²) < 4.78 is 27.6. The van der Waals surface area contributed by atoms with Crippen LogP contribution in [0.5, 0.6) is 0 Å². The monoisotopic (exact) mass is 963 g/mol. The molecule has 1 aliphatic carbocycles. The van der Waals surface area contributed by atoms with Crippen LogP contribution in [0.1, 0.15) is 256 Å². The zero-order valence-corrected chi connectivity index (χ0v) is 47.2. The highest BCUT2D eigenvalue weighted by Gasteiger charge is 2.55. The third-order valence-electron chi connectivity index (χ3n) is 17.5. The van der Waals surface area contributed by atoms with Gasteiger partial charge in [0.15, 0.2) is 0 Å². The quantitative estimate of drug-likeness (QED) is 0.0370. The van der Waals surface area contributed by atoms with Crippen LogP contribution >= 0.6 is 0 Å². The number of hydrogen-bond donors (Lipinski definition) is 0. The lowest BCUT2D eigenvalue weighted by Gasteiger charge is -2.36. The molecule has 0 N–H and O–H groups in total. The van der Waals surface area contributed by atoms with Gasteiger partial charge < -0.3 is 18.6 Å². The molecule has 4 nitrogen and oxygen atoms in total. The van der Waals surface area contributed by atoms with Crippen LogP contribution in [0.15, 0.2) is 72.8 Å². The molecule has 7 rings (SSSR count). The zero-order chi connectivity index (χ0) is 50.9. The van der Waals surface area contributed by atoms with E-state index in [-0.39, 0.29) is 0 Å². The van der Waals surface area contributed by atoms with Gasteiger partial charge in [-0.3, -0.25) is 0 Å². The van der Waals surface area contributed by atoms with Gasteiger partial charge >= 0.3 is 14.2 Å². The fourth-order valence-electron chi connectivity index (χ4n) is 11.7. The summed E-state index contributed by atoms with van der Waals surface area (Å²) in [6, 6.07) is 30.1. The third kappa shape index (κ3) is 12.7. The molecule has 0 atom stereocenters. The normalized spacial score (nSPS) is 18.1. The molecule has 0 bridgehead atoms.